The van der Waals surface area contributed by atoms with Gasteiger partial charge in [-0.15, -0.1) is 0 Å². The van der Waals surface area contributed by atoms with Crippen LogP contribution in [0.1, 0.15) is 31.4 Å². The Bertz CT molecular complexity index is 1250. The second-order valence-corrected chi connectivity index (χ2v) is 8.42. The molecule has 0 radical (unpaired) electrons. The number of anilines is 1. The summed E-state index contributed by atoms with van der Waals surface area (Å²) < 4.78 is 53.9. The van der Waals surface area contributed by atoms with E-state index in [9.17, 15) is 32.3 Å². The fraction of sp³-hybridized carbons (Fsp3) is 0.455. The molecule has 1 aromatic carbocycles. The van der Waals surface area contributed by atoms with E-state index >= 15 is 0 Å². The Kier molecular flexibility index (Phi) is 6.99. The number of alkyl halides is 3. The summed E-state index contributed by atoms with van der Waals surface area (Å²) in [6, 6.07) is 4.81. The summed E-state index contributed by atoms with van der Waals surface area (Å²) in [5.74, 6) is -2.79. The molecule has 1 aliphatic rings. The normalized spacial score (nSPS) is 17.5. The number of nitrogens with zero attached hydrogens (tertiary/aromatic N) is 1. The third-order valence-electron chi connectivity index (χ3n) is 5.55. The topological polar surface area (TPSA) is 134 Å². The Labute approximate surface area is 197 Å². The number of aromatic nitrogens is 2. The highest BCUT2D eigenvalue weighted by Gasteiger charge is 2.70. The maximum Gasteiger partial charge on any atom is 0.425 e. The maximum absolute atomic E-state index is 14.5. The van der Waals surface area contributed by atoms with E-state index < -0.39 is 46.2 Å². The summed E-state index contributed by atoms with van der Waals surface area (Å²) in [5, 5.41) is 1.76. The van der Waals surface area contributed by atoms with Crippen molar-refractivity contribution in [1.29, 1.82) is 0 Å². The second kappa shape index (κ2) is 9.47. The summed E-state index contributed by atoms with van der Waals surface area (Å²) in [7, 11) is 2.85. The Balaban J connectivity index is 2.08. The number of nitrogens with one attached hydrogen (secondary N) is 3. The van der Waals surface area contributed by atoms with E-state index in [1.165, 1.54) is 14.2 Å². The van der Waals surface area contributed by atoms with Gasteiger partial charge in [0, 0.05) is 13.0 Å². The summed E-state index contributed by atoms with van der Waals surface area (Å²) in [5.41, 5.74) is -6.67. The van der Waals surface area contributed by atoms with Gasteiger partial charge in [-0.2, -0.15) is 13.2 Å². The van der Waals surface area contributed by atoms with Crippen LogP contribution in [0.15, 0.2) is 27.8 Å². The zero-order valence-corrected chi connectivity index (χ0v) is 19.5. The van der Waals surface area contributed by atoms with Gasteiger partial charge in [-0.25, -0.2) is 4.79 Å². The van der Waals surface area contributed by atoms with Crippen molar-refractivity contribution in [1.82, 2.24) is 15.3 Å². The highest BCUT2D eigenvalue weighted by Crippen LogP contribution is 2.47. The minimum absolute atomic E-state index is 0.0360. The molecule has 0 saturated carbocycles. The Morgan fingerprint density at radius 3 is 2.34 bits per heavy atom. The van der Waals surface area contributed by atoms with Gasteiger partial charge in [-0.05, 0) is 30.0 Å². The van der Waals surface area contributed by atoms with Crippen molar-refractivity contribution in [2.45, 2.75) is 38.4 Å². The molecular formula is C22H25F3N4O6. The van der Waals surface area contributed by atoms with Crippen molar-refractivity contribution in [2.75, 3.05) is 25.7 Å². The van der Waals surface area contributed by atoms with Crippen molar-refractivity contribution in [2.24, 2.45) is 5.92 Å². The number of hydrogen-bond donors (Lipinski definition) is 3. The fourth-order valence-electron chi connectivity index (χ4n) is 4.01. The van der Waals surface area contributed by atoms with Crippen LogP contribution in [0.4, 0.5) is 19.0 Å². The molecule has 2 amide bonds. The van der Waals surface area contributed by atoms with Crippen LogP contribution in [0.3, 0.4) is 0 Å². The van der Waals surface area contributed by atoms with Gasteiger partial charge in [0.1, 0.15) is 11.4 Å². The van der Waals surface area contributed by atoms with E-state index in [2.05, 4.69) is 4.98 Å². The predicted octanol–water partition coefficient (Wildman–Crippen LogP) is 1.59. The first kappa shape index (κ1) is 25.8. The molecular weight excluding hydrogens is 473 g/mol. The largest absolute Gasteiger partial charge is 0.493 e. The van der Waals surface area contributed by atoms with Crippen LogP contribution >= 0.6 is 0 Å². The summed E-state index contributed by atoms with van der Waals surface area (Å²) >= 11 is 0. The lowest BCUT2D eigenvalue weighted by Crippen LogP contribution is -2.63. The highest BCUT2D eigenvalue weighted by atomic mass is 19.4. The fourth-order valence-corrected chi connectivity index (χ4v) is 4.01. The standard InChI is InChI=1S/C22H25F3N4O6/c1-11(2)9-15(30)28-21(22(23,24)25)16-17(26-20(33)27-18(16)31)29(19(21)32)8-7-12-5-6-13(34-3)14(10-12)35-4/h5-6,10-11H,7-9H2,1-4H3,(H,28,30)(H2,26,27,31,33)/t21-/m0/s1. The molecule has 2 aromatic rings. The first-order chi connectivity index (χ1) is 16.3. The zero-order chi connectivity index (χ0) is 26.1. The van der Waals surface area contributed by atoms with E-state index in [4.69, 9.17) is 9.47 Å². The number of carbonyl (C=O) groups excluding carboxylic acids is 2. The van der Waals surface area contributed by atoms with Crippen molar-refractivity contribution in [3.63, 3.8) is 0 Å². The molecule has 0 bridgehead atoms. The zero-order valence-electron chi connectivity index (χ0n) is 19.5. The molecule has 1 atom stereocenters. The van der Waals surface area contributed by atoms with E-state index in [0.29, 0.717) is 22.0 Å². The second-order valence-electron chi connectivity index (χ2n) is 8.42. The van der Waals surface area contributed by atoms with Gasteiger partial charge < -0.3 is 14.8 Å². The molecule has 10 nitrogen and oxygen atoms in total. The Morgan fingerprint density at radius 2 is 1.77 bits per heavy atom. The van der Waals surface area contributed by atoms with Crippen molar-refractivity contribution >= 4 is 17.6 Å². The minimum atomic E-state index is -5.38. The lowest BCUT2D eigenvalue weighted by atomic mass is 9.91. The van der Waals surface area contributed by atoms with Crippen LogP contribution in [0, 0.1) is 5.92 Å². The number of fused-ring (bicyclic) bond motifs is 1. The third-order valence-corrected chi connectivity index (χ3v) is 5.55. The smallest absolute Gasteiger partial charge is 0.425 e. The van der Waals surface area contributed by atoms with Gasteiger partial charge in [-0.3, -0.25) is 29.3 Å². The van der Waals surface area contributed by atoms with Crippen molar-refractivity contribution in [3.05, 3.63) is 50.2 Å². The summed E-state index contributed by atoms with van der Waals surface area (Å²) in [6.07, 6.45) is -5.66. The predicted molar refractivity (Wildman–Crippen MR) is 119 cm³/mol. The van der Waals surface area contributed by atoms with Gasteiger partial charge in [0.25, 0.3) is 17.0 Å². The number of benzene rings is 1. The molecule has 0 saturated heterocycles. The van der Waals surface area contributed by atoms with Gasteiger partial charge >= 0.3 is 11.9 Å². The van der Waals surface area contributed by atoms with Crippen molar-refractivity contribution in [3.8, 4) is 11.5 Å². The monoisotopic (exact) mass is 498 g/mol. The average Bonchev–Trinajstić information content (AvgIpc) is 2.99. The molecule has 0 spiro atoms. The quantitative estimate of drug-likeness (QED) is 0.506. The third kappa shape index (κ3) is 4.62. The molecule has 1 aliphatic heterocycles. The number of halogens is 3. The number of H-pyrrole nitrogens is 2. The summed E-state index contributed by atoms with van der Waals surface area (Å²) in [4.78, 5) is 54.8. The molecule has 3 rings (SSSR count). The van der Waals surface area contributed by atoms with Crippen LogP contribution in [0.25, 0.3) is 0 Å². The van der Waals surface area contributed by atoms with Crippen LogP contribution in [0.5, 0.6) is 11.5 Å². The van der Waals surface area contributed by atoms with E-state index in [0.717, 1.165) is 0 Å². The van der Waals surface area contributed by atoms with Gasteiger partial charge in [0.2, 0.25) is 5.91 Å². The van der Waals surface area contributed by atoms with Crippen LogP contribution in [0.2, 0.25) is 0 Å². The first-order valence-electron chi connectivity index (χ1n) is 10.6. The van der Waals surface area contributed by atoms with Gasteiger partial charge in [0.15, 0.2) is 11.5 Å². The Morgan fingerprint density at radius 1 is 1.11 bits per heavy atom. The molecule has 0 fully saturated rings. The molecule has 35 heavy (non-hydrogen) atoms. The number of methoxy groups -OCH3 is 2. The van der Waals surface area contributed by atoms with Crippen LogP contribution < -0.4 is 30.9 Å². The lowest BCUT2D eigenvalue weighted by molar-refractivity contribution is -0.201. The van der Waals surface area contributed by atoms with Crippen LogP contribution in [-0.4, -0.2) is 48.7 Å². The number of hydrogen-bond acceptors (Lipinski definition) is 6. The number of aromatic amines is 2. The van der Waals surface area contributed by atoms with E-state index in [1.54, 1.807) is 42.3 Å². The average molecular weight is 498 g/mol. The molecule has 1 aromatic heterocycles. The van der Waals surface area contributed by atoms with Gasteiger partial charge in [-0.1, -0.05) is 19.9 Å². The molecule has 3 N–H and O–H groups in total. The molecule has 13 heteroatoms. The maximum atomic E-state index is 14.5. The molecule has 190 valence electrons. The summed E-state index contributed by atoms with van der Waals surface area (Å²) in [6.45, 7) is 2.90. The highest BCUT2D eigenvalue weighted by molar-refractivity contribution is 6.09. The molecule has 2 heterocycles. The molecule has 0 unspecified atom stereocenters. The number of ether oxygens (including phenoxy) is 2. The SMILES string of the molecule is COc1ccc(CCN2C(=O)[C@](NC(=O)CC(C)C)(C(F)(F)F)c3c2[nH]c(=O)[nH]c3=O)cc1OC. The van der Waals surface area contributed by atoms with Gasteiger partial charge in [0.05, 0.1) is 14.2 Å². The number of amides is 2. The first-order valence-corrected chi connectivity index (χ1v) is 10.6. The minimum Gasteiger partial charge on any atom is -0.493 e. The number of rotatable bonds is 8. The lowest BCUT2D eigenvalue weighted by Gasteiger charge is -2.31. The molecule has 0 aliphatic carbocycles. The number of carbonyl (C=O) groups is 2. The van der Waals surface area contributed by atoms with Crippen LogP contribution in [-0.2, 0) is 21.5 Å². The van der Waals surface area contributed by atoms with E-state index in [1.807, 2.05) is 0 Å². The van der Waals surface area contributed by atoms with Crippen molar-refractivity contribution < 1.29 is 32.2 Å². The Hall–Kier alpha value is -3.77. The van der Waals surface area contributed by atoms with E-state index in [-0.39, 0.29) is 25.3 Å².